The molecule has 0 N–H and O–H groups in total. The van der Waals surface area contributed by atoms with Gasteiger partial charge in [0.1, 0.15) is 23.5 Å². The van der Waals surface area contributed by atoms with Gasteiger partial charge in [0, 0.05) is 70.9 Å². The minimum atomic E-state index is -0.558. The van der Waals surface area contributed by atoms with E-state index in [9.17, 15) is 14.0 Å². The predicted molar refractivity (Wildman–Crippen MR) is 182 cm³/mol. The third-order valence-electron chi connectivity index (χ3n) is 9.25. The molecule has 2 aromatic rings. The fourth-order valence-corrected chi connectivity index (χ4v) is 6.80. The highest BCUT2D eigenvalue weighted by atomic mass is 19.1. The lowest BCUT2D eigenvalue weighted by Gasteiger charge is -2.53. The van der Waals surface area contributed by atoms with Gasteiger partial charge >= 0.3 is 6.09 Å². The summed E-state index contributed by atoms with van der Waals surface area (Å²) < 4.78 is 31.9. The molecular formula is C35H54FN7O5. The second kappa shape index (κ2) is 15.3. The van der Waals surface area contributed by atoms with Crippen molar-refractivity contribution in [1.82, 2.24) is 29.9 Å². The van der Waals surface area contributed by atoms with Gasteiger partial charge in [0.25, 0.3) is 11.8 Å². The van der Waals surface area contributed by atoms with Gasteiger partial charge < -0.3 is 28.9 Å². The van der Waals surface area contributed by atoms with Crippen molar-refractivity contribution in [3.63, 3.8) is 0 Å². The number of benzene rings is 1. The van der Waals surface area contributed by atoms with Crippen LogP contribution in [-0.4, -0.2) is 119 Å². The maximum absolute atomic E-state index is 14.3. The van der Waals surface area contributed by atoms with E-state index in [1.807, 2.05) is 41.5 Å². The van der Waals surface area contributed by atoms with Crippen molar-refractivity contribution in [2.24, 2.45) is 11.3 Å². The Hall–Kier alpha value is -3.58. The lowest BCUT2D eigenvalue weighted by molar-refractivity contribution is -0.0543. The van der Waals surface area contributed by atoms with Crippen LogP contribution in [0.1, 0.15) is 78.6 Å². The number of ether oxygens (including phenoxy) is 3. The number of rotatable bonds is 13. The molecule has 12 nitrogen and oxygen atoms in total. The third kappa shape index (κ3) is 8.90. The summed E-state index contributed by atoms with van der Waals surface area (Å²) >= 11 is 0. The Morgan fingerprint density at radius 2 is 1.83 bits per heavy atom. The average molecular weight is 672 g/mol. The molecule has 2 aliphatic rings. The van der Waals surface area contributed by atoms with E-state index < -0.39 is 11.4 Å². The summed E-state index contributed by atoms with van der Waals surface area (Å²) in [5, 5.41) is 8.20. The van der Waals surface area contributed by atoms with Crippen LogP contribution in [0.25, 0.3) is 0 Å². The summed E-state index contributed by atoms with van der Waals surface area (Å²) in [6.07, 6.45) is 2.67. The highest BCUT2D eigenvalue weighted by Crippen LogP contribution is 2.44. The van der Waals surface area contributed by atoms with E-state index in [-0.39, 0.29) is 52.8 Å². The zero-order chi connectivity index (χ0) is 35.4. The van der Waals surface area contributed by atoms with Crippen molar-refractivity contribution in [1.29, 1.82) is 0 Å². The summed E-state index contributed by atoms with van der Waals surface area (Å²) in [6.45, 7) is 20.1. The van der Waals surface area contributed by atoms with Gasteiger partial charge in [0.05, 0.1) is 11.7 Å². The Bertz CT molecular complexity index is 1410. The zero-order valence-electron chi connectivity index (χ0n) is 30.3. The molecule has 48 heavy (non-hydrogen) atoms. The largest absolute Gasteiger partial charge is 0.444 e. The first kappa shape index (κ1) is 37.2. The second-order valence-electron chi connectivity index (χ2n) is 14.9. The highest BCUT2D eigenvalue weighted by Gasteiger charge is 2.50. The Labute approximate surface area is 284 Å². The van der Waals surface area contributed by atoms with Crippen LogP contribution < -0.4 is 9.64 Å². The van der Waals surface area contributed by atoms with Gasteiger partial charge in [-0.1, -0.05) is 13.8 Å². The zero-order valence-corrected chi connectivity index (χ0v) is 30.3. The Morgan fingerprint density at radius 3 is 2.44 bits per heavy atom. The summed E-state index contributed by atoms with van der Waals surface area (Å²) in [5.41, 5.74) is -0.348. The van der Waals surface area contributed by atoms with Crippen LogP contribution in [-0.2, 0) is 9.47 Å². The van der Waals surface area contributed by atoms with Crippen LogP contribution in [0.2, 0.25) is 0 Å². The monoisotopic (exact) mass is 671 g/mol. The number of hydrogen-bond acceptors (Lipinski definition) is 10. The number of aromatic nitrogens is 3. The lowest BCUT2D eigenvalue weighted by Crippen LogP contribution is -2.62. The van der Waals surface area contributed by atoms with Crippen molar-refractivity contribution in [3.8, 4) is 11.6 Å². The Morgan fingerprint density at radius 1 is 1.12 bits per heavy atom. The molecule has 0 aliphatic carbocycles. The molecule has 2 fully saturated rings. The van der Waals surface area contributed by atoms with Crippen molar-refractivity contribution in [2.45, 2.75) is 92.0 Å². The number of anilines is 1. The maximum Gasteiger partial charge on any atom is 0.410 e. The van der Waals surface area contributed by atoms with E-state index in [4.69, 9.17) is 14.2 Å². The minimum Gasteiger partial charge on any atom is -0.444 e. The number of likely N-dealkylation sites (N-methyl/N-ethyl adjacent to an activating group) is 1. The third-order valence-corrected chi connectivity index (χ3v) is 9.25. The Kier molecular flexibility index (Phi) is 11.9. The maximum atomic E-state index is 14.3. The van der Waals surface area contributed by atoms with E-state index >= 15 is 0 Å². The van der Waals surface area contributed by atoms with E-state index in [2.05, 4.69) is 38.8 Å². The molecule has 0 radical (unpaired) electrons. The topological polar surface area (TPSA) is 113 Å². The van der Waals surface area contributed by atoms with Crippen LogP contribution in [0.15, 0.2) is 24.5 Å². The molecule has 2 aliphatic heterocycles. The molecule has 0 unspecified atom stereocenters. The standard InChI is InChI=1S/C35H54FN7O5/c1-11-43(24(4)5)32(44)27-16-25(36)12-13-29(27)47-31-30(37-22-38-39-31)41-15-14-35(19-41)20-42(21-35)28(23(2)3)17-26(46-10)18-40(9)33(45)48-34(6,7)8/h12-13,16,22-24,26,28H,11,14-15,17-21H2,1-10H3/t26-,28+/m1/s1. The minimum absolute atomic E-state index is 0.0653. The molecule has 3 heterocycles. The molecular weight excluding hydrogens is 617 g/mol. The number of methoxy groups -OCH3 is 1. The summed E-state index contributed by atoms with van der Waals surface area (Å²) in [7, 11) is 3.44. The molecule has 13 heteroatoms. The van der Waals surface area contributed by atoms with E-state index in [1.165, 1.54) is 24.5 Å². The van der Waals surface area contributed by atoms with Crippen LogP contribution in [0.3, 0.4) is 0 Å². The van der Waals surface area contributed by atoms with Gasteiger partial charge in [-0.15, -0.1) is 10.2 Å². The summed E-state index contributed by atoms with van der Waals surface area (Å²) in [5.74, 6) is 0.480. The van der Waals surface area contributed by atoms with Crippen LogP contribution in [0.5, 0.6) is 11.6 Å². The fourth-order valence-electron chi connectivity index (χ4n) is 6.80. The number of nitrogens with zero attached hydrogens (tertiary/aromatic N) is 7. The fraction of sp³-hybridized carbons (Fsp3) is 0.686. The molecule has 0 saturated carbocycles. The second-order valence-corrected chi connectivity index (χ2v) is 14.9. The summed E-state index contributed by atoms with van der Waals surface area (Å²) in [4.78, 5) is 38.4. The molecule has 1 aromatic carbocycles. The molecule has 1 spiro atoms. The van der Waals surface area contributed by atoms with Gasteiger partial charge in [-0.3, -0.25) is 9.69 Å². The Balaban J connectivity index is 1.43. The lowest BCUT2D eigenvalue weighted by atomic mass is 9.76. The molecule has 4 rings (SSSR count). The van der Waals surface area contributed by atoms with Gasteiger partial charge in [0.2, 0.25) is 0 Å². The summed E-state index contributed by atoms with van der Waals surface area (Å²) in [6, 6.07) is 4.14. The number of carbonyl (C=O) groups excluding carboxylic acids is 2. The van der Waals surface area contributed by atoms with E-state index in [1.54, 1.807) is 24.0 Å². The molecule has 2 atom stereocenters. The van der Waals surface area contributed by atoms with Crippen LogP contribution >= 0.6 is 0 Å². The number of halogens is 1. The quantitative estimate of drug-likeness (QED) is 0.271. The van der Waals surface area contributed by atoms with Crippen molar-refractivity contribution >= 4 is 17.8 Å². The van der Waals surface area contributed by atoms with Crippen molar-refractivity contribution in [2.75, 3.05) is 58.3 Å². The van der Waals surface area contributed by atoms with Gasteiger partial charge in [0.15, 0.2) is 5.82 Å². The van der Waals surface area contributed by atoms with Crippen LogP contribution in [0.4, 0.5) is 15.0 Å². The number of likely N-dealkylation sites (tertiary alicyclic amines) is 1. The van der Waals surface area contributed by atoms with Gasteiger partial charge in [-0.2, -0.15) is 0 Å². The van der Waals surface area contributed by atoms with E-state index in [0.29, 0.717) is 24.8 Å². The molecule has 2 saturated heterocycles. The number of hydrogen-bond donors (Lipinski definition) is 0. The first-order valence-corrected chi connectivity index (χ1v) is 17.0. The average Bonchev–Trinajstić information content (AvgIpc) is 3.44. The molecule has 266 valence electrons. The molecule has 0 bridgehead atoms. The number of carbonyl (C=O) groups is 2. The SMILES string of the molecule is CCN(C(=O)c1cc(F)ccc1Oc1nncnc1N1CCC2(C1)CN([C@@H](C[C@H](CN(C)C(=O)OC(C)(C)C)OC)C(C)C)C2)C(C)C. The number of amides is 2. The normalized spacial score (nSPS) is 17.4. The van der Waals surface area contributed by atoms with E-state index in [0.717, 1.165) is 39.0 Å². The predicted octanol–water partition coefficient (Wildman–Crippen LogP) is 5.48. The smallest absolute Gasteiger partial charge is 0.410 e. The van der Waals surface area contributed by atoms with Crippen molar-refractivity contribution < 1.29 is 28.2 Å². The molecule has 1 aromatic heterocycles. The van der Waals surface area contributed by atoms with Crippen LogP contribution in [0, 0.1) is 17.2 Å². The highest BCUT2D eigenvalue weighted by molar-refractivity contribution is 5.97. The first-order chi connectivity index (χ1) is 22.6. The van der Waals surface area contributed by atoms with Gasteiger partial charge in [-0.25, -0.2) is 14.2 Å². The molecule has 2 amide bonds. The first-order valence-electron chi connectivity index (χ1n) is 17.0. The van der Waals surface area contributed by atoms with Crippen molar-refractivity contribution in [3.05, 3.63) is 35.9 Å². The van der Waals surface area contributed by atoms with Gasteiger partial charge in [-0.05, 0) is 78.5 Å².